The van der Waals surface area contributed by atoms with E-state index in [0.717, 1.165) is 28.7 Å². The van der Waals surface area contributed by atoms with Gasteiger partial charge >= 0.3 is 0 Å². The van der Waals surface area contributed by atoms with Crippen molar-refractivity contribution >= 4 is 15.9 Å². The summed E-state index contributed by atoms with van der Waals surface area (Å²) in [4.78, 5) is 4.02. The number of aliphatic hydroxyl groups is 1. The fraction of sp³-hybridized carbons (Fsp3) is 0.333. The first kappa shape index (κ1) is 12.3. The molecule has 1 N–H and O–H groups in total. The van der Waals surface area contributed by atoms with Crippen molar-refractivity contribution in [1.29, 1.82) is 0 Å². The van der Waals surface area contributed by atoms with Crippen LogP contribution >= 0.6 is 15.9 Å². The Morgan fingerprint density at radius 3 is 2.94 bits per heavy atom. The van der Waals surface area contributed by atoms with E-state index in [1.54, 1.807) is 18.6 Å². The smallest absolute Gasteiger partial charge is 0.123 e. The molecular weight excluding hydrogens is 282 g/mol. The van der Waals surface area contributed by atoms with Gasteiger partial charge in [0.15, 0.2) is 0 Å². The first-order valence-electron chi connectivity index (χ1n) is 5.53. The van der Waals surface area contributed by atoms with E-state index in [-0.39, 0.29) is 0 Å². The second-order valence-corrected chi connectivity index (χ2v) is 4.64. The molecule has 0 aromatic carbocycles. The molecule has 17 heavy (non-hydrogen) atoms. The lowest BCUT2D eigenvalue weighted by Gasteiger charge is -2.13. The van der Waals surface area contributed by atoms with Crippen LogP contribution in [-0.4, -0.2) is 19.9 Å². The monoisotopic (exact) mass is 295 g/mol. The summed E-state index contributed by atoms with van der Waals surface area (Å²) in [6, 6.07) is 3.67. The molecule has 0 radical (unpaired) electrons. The van der Waals surface area contributed by atoms with Crippen LogP contribution < -0.4 is 0 Å². The first-order chi connectivity index (χ1) is 8.24. The predicted molar refractivity (Wildman–Crippen MR) is 68.5 cm³/mol. The SMILES string of the molecule is CCCn1ncc(Br)c1C(O)c1cccnc1. The zero-order valence-corrected chi connectivity index (χ0v) is 11.1. The van der Waals surface area contributed by atoms with Gasteiger partial charge in [0.25, 0.3) is 0 Å². The van der Waals surface area contributed by atoms with Crippen molar-refractivity contribution in [3.8, 4) is 0 Å². The van der Waals surface area contributed by atoms with Crippen LogP contribution in [-0.2, 0) is 6.54 Å². The molecule has 0 amide bonds. The van der Waals surface area contributed by atoms with Gasteiger partial charge < -0.3 is 5.11 Å². The maximum atomic E-state index is 10.3. The van der Waals surface area contributed by atoms with Crippen molar-refractivity contribution in [2.45, 2.75) is 26.0 Å². The number of rotatable bonds is 4. The lowest BCUT2D eigenvalue weighted by atomic mass is 10.1. The lowest BCUT2D eigenvalue weighted by molar-refractivity contribution is 0.206. The minimum atomic E-state index is -0.702. The van der Waals surface area contributed by atoms with E-state index in [0.29, 0.717) is 0 Å². The Bertz CT molecular complexity index is 484. The van der Waals surface area contributed by atoms with Crippen LogP contribution in [0.3, 0.4) is 0 Å². The summed E-state index contributed by atoms with van der Waals surface area (Å²) in [5, 5.41) is 14.6. The van der Waals surface area contributed by atoms with Gasteiger partial charge in [-0.1, -0.05) is 13.0 Å². The van der Waals surface area contributed by atoms with Crippen LogP contribution in [0.15, 0.2) is 35.2 Å². The van der Waals surface area contributed by atoms with Crippen LogP contribution in [0.4, 0.5) is 0 Å². The van der Waals surface area contributed by atoms with E-state index in [1.165, 1.54) is 0 Å². The van der Waals surface area contributed by atoms with Crippen molar-refractivity contribution in [2.24, 2.45) is 0 Å². The number of hydrogen-bond acceptors (Lipinski definition) is 3. The second kappa shape index (κ2) is 5.42. The zero-order valence-electron chi connectivity index (χ0n) is 9.55. The highest BCUT2D eigenvalue weighted by Gasteiger charge is 2.19. The van der Waals surface area contributed by atoms with Crippen LogP contribution in [0, 0.1) is 0 Å². The van der Waals surface area contributed by atoms with Gasteiger partial charge in [-0.3, -0.25) is 9.67 Å². The van der Waals surface area contributed by atoms with Gasteiger partial charge in [0, 0.05) is 24.5 Å². The number of pyridine rings is 1. The average molecular weight is 296 g/mol. The quantitative estimate of drug-likeness (QED) is 0.943. The minimum absolute atomic E-state index is 0.702. The molecule has 0 saturated carbocycles. The molecule has 1 unspecified atom stereocenters. The zero-order chi connectivity index (χ0) is 12.3. The summed E-state index contributed by atoms with van der Waals surface area (Å²) >= 11 is 3.42. The van der Waals surface area contributed by atoms with Gasteiger partial charge in [0.1, 0.15) is 6.10 Å². The van der Waals surface area contributed by atoms with E-state index in [9.17, 15) is 5.11 Å². The normalized spacial score (nSPS) is 12.6. The molecule has 0 fully saturated rings. The molecule has 5 heteroatoms. The van der Waals surface area contributed by atoms with E-state index in [1.807, 2.05) is 16.8 Å². The summed E-state index contributed by atoms with van der Waals surface area (Å²) < 4.78 is 2.64. The third-order valence-electron chi connectivity index (χ3n) is 2.53. The third-order valence-corrected chi connectivity index (χ3v) is 3.14. The van der Waals surface area contributed by atoms with E-state index in [2.05, 4.69) is 32.9 Å². The fourth-order valence-electron chi connectivity index (χ4n) is 1.73. The van der Waals surface area contributed by atoms with E-state index in [4.69, 9.17) is 0 Å². The lowest BCUT2D eigenvalue weighted by Crippen LogP contribution is -2.10. The van der Waals surface area contributed by atoms with Gasteiger partial charge in [0.05, 0.1) is 16.4 Å². The van der Waals surface area contributed by atoms with Gasteiger partial charge in [0.2, 0.25) is 0 Å². The summed E-state index contributed by atoms with van der Waals surface area (Å²) in [5.74, 6) is 0. The Kier molecular flexibility index (Phi) is 3.91. The molecule has 2 heterocycles. The van der Waals surface area contributed by atoms with E-state index >= 15 is 0 Å². The van der Waals surface area contributed by atoms with Crippen molar-refractivity contribution < 1.29 is 5.11 Å². The Morgan fingerprint density at radius 1 is 1.47 bits per heavy atom. The number of hydrogen-bond donors (Lipinski definition) is 1. The van der Waals surface area contributed by atoms with E-state index < -0.39 is 6.10 Å². The summed E-state index contributed by atoms with van der Waals surface area (Å²) in [6.45, 7) is 2.87. The first-order valence-corrected chi connectivity index (χ1v) is 6.32. The van der Waals surface area contributed by atoms with Crippen LogP contribution in [0.25, 0.3) is 0 Å². The Morgan fingerprint density at radius 2 is 2.29 bits per heavy atom. The number of halogens is 1. The van der Waals surface area contributed by atoms with Gasteiger partial charge in [-0.2, -0.15) is 5.10 Å². The van der Waals surface area contributed by atoms with Crippen molar-refractivity contribution in [1.82, 2.24) is 14.8 Å². The molecule has 0 spiro atoms. The Balaban J connectivity index is 2.36. The predicted octanol–water partition coefficient (Wildman–Crippen LogP) is 2.53. The highest BCUT2D eigenvalue weighted by atomic mass is 79.9. The summed E-state index contributed by atoms with van der Waals surface area (Å²) in [6.07, 6.45) is 5.34. The molecule has 0 saturated heterocycles. The molecule has 0 aliphatic rings. The van der Waals surface area contributed by atoms with Gasteiger partial charge in [-0.15, -0.1) is 0 Å². The highest BCUT2D eigenvalue weighted by molar-refractivity contribution is 9.10. The largest absolute Gasteiger partial charge is 0.382 e. The summed E-state index contributed by atoms with van der Waals surface area (Å²) in [5.41, 5.74) is 1.55. The molecule has 0 aliphatic carbocycles. The summed E-state index contributed by atoms with van der Waals surface area (Å²) in [7, 11) is 0. The van der Waals surface area contributed by atoms with Crippen LogP contribution in [0.1, 0.15) is 30.7 Å². The molecule has 0 bridgehead atoms. The average Bonchev–Trinajstić information content (AvgIpc) is 2.71. The number of aromatic nitrogens is 3. The Labute approximate surface area is 108 Å². The van der Waals surface area contributed by atoms with Crippen molar-refractivity contribution in [3.05, 3.63) is 46.5 Å². The topological polar surface area (TPSA) is 50.9 Å². The van der Waals surface area contributed by atoms with Crippen LogP contribution in [0.2, 0.25) is 0 Å². The molecule has 2 aromatic rings. The van der Waals surface area contributed by atoms with Gasteiger partial charge in [-0.25, -0.2) is 0 Å². The molecular formula is C12H14BrN3O. The third kappa shape index (κ3) is 2.56. The van der Waals surface area contributed by atoms with Crippen molar-refractivity contribution in [2.75, 3.05) is 0 Å². The van der Waals surface area contributed by atoms with Gasteiger partial charge in [-0.05, 0) is 28.4 Å². The molecule has 2 aromatic heterocycles. The standard InChI is InChI=1S/C12H14BrN3O/c1-2-6-16-11(10(13)8-15-16)12(17)9-4-3-5-14-7-9/h3-5,7-8,12,17H,2,6H2,1H3. The molecule has 90 valence electrons. The second-order valence-electron chi connectivity index (χ2n) is 3.79. The molecule has 1 atom stereocenters. The van der Waals surface area contributed by atoms with Crippen molar-refractivity contribution in [3.63, 3.8) is 0 Å². The fourth-order valence-corrected chi connectivity index (χ4v) is 2.24. The Hall–Kier alpha value is -1.20. The maximum absolute atomic E-state index is 10.3. The highest BCUT2D eigenvalue weighted by Crippen LogP contribution is 2.28. The molecule has 2 rings (SSSR count). The maximum Gasteiger partial charge on any atom is 0.123 e. The number of aryl methyl sites for hydroxylation is 1. The molecule has 0 aliphatic heterocycles. The number of nitrogens with zero attached hydrogens (tertiary/aromatic N) is 3. The minimum Gasteiger partial charge on any atom is -0.382 e. The van der Waals surface area contributed by atoms with Crippen LogP contribution in [0.5, 0.6) is 0 Å². The number of aliphatic hydroxyl groups excluding tert-OH is 1. The molecule has 4 nitrogen and oxygen atoms in total.